The van der Waals surface area contributed by atoms with Crippen LogP contribution in [0.4, 0.5) is 0 Å². The van der Waals surface area contributed by atoms with Crippen molar-refractivity contribution in [1.29, 1.82) is 0 Å². The number of aryl methyl sites for hydroxylation is 2. The van der Waals surface area contributed by atoms with Gasteiger partial charge in [-0.3, -0.25) is 0 Å². The molecule has 0 unspecified atom stereocenters. The second-order valence-corrected chi connectivity index (χ2v) is 4.40. The molecule has 0 aliphatic rings. The van der Waals surface area contributed by atoms with E-state index in [1.54, 1.807) is 0 Å². The molecule has 90 valence electrons. The summed E-state index contributed by atoms with van der Waals surface area (Å²) in [5, 5.41) is 0. The second-order valence-electron chi connectivity index (χ2n) is 4.40. The fourth-order valence-electron chi connectivity index (χ4n) is 1.98. The van der Waals surface area contributed by atoms with Gasteiger partial charge < -0.3 is 10.7 Å². The number of aromatic nitrogens is 2. The van der Waals surface area contributed by atoms with Crippen molar-refractivity contribution in [2.24, 2.45) is 5.73 Å². The lowest BCUT2D eigenvalue weighted by Gasteiger charge is -2.03. The summed E-state index contributed by atoms with van der Waals surface area (Å²) in [5.41, 5.74) is 10.5. The van der Waals surface area contributed by atoms with E-state index in [0.29, 0.717) is 6.54 Å². The maximum Gasteiger partial charge on any atom is 0.107 e. The second kappa shape index (κ2) is 5.15. The fourth-order valence-corrected chi connectivity index (χ4v) is 1.98. The quantitative estimate of drug-likeness (QED) is 0.843. The van der Waals surface area contributed by atoms with Gasteiger partial charge in [0.2, 0.25) is 0 Å². The summed E-state index contributed by atoms with van der Waals surface area (Å²) in [5.74, 6) is 0.994. The molecule has 1 heterocycles. The molecule has 0 amide bonds. The summed E-state index contributed by atoms with van der Waals surface area (Å²) in [4.78, 5) is 7.89. The molecule has 0 aliphatic carbocycles. The lowest BCUT2D eigenvalue weighted by Crippen LogP contribution is -2.04. The Hall–Kier alpha value is -1.61. The predicted molar refractivity (Wildman–Crippen MR) is 70.1 cm³/mol. The summed E-state index contributed by atoms with van der Waals surface area (Å²) in [6.45, 7) is 4.84. The van der Waals surface area contributed by atoms with Crippen LogP contribution in [0.2, 0.25) is 0 Å². The summed E-state index contributed by atoms with van der Waals surface area (Å²) >= 11 is 0. The maximum absolute atomic E-state index is 5.54. The van der Waals surface area contributed by atoms with Crippen LogP contribution in [0.3, 0.4) is 0 Å². The van der Waals surface area contributed by atoms with Gasteiger partial charge in [0.25, 0.3) is 0 Å². The van der Waals surface area contributed by atoms with Crippen molar-refractivity contribution >= 4 is 0 Å². The number of nitrogens with one attached hydrogen (secondary N) is 1. The van der Waals surface area contributed by atoms with E-state index < -0.39 is 0 Å². The van der Waals surface area contributed by atoms with E-state index in [9.17, 15) is 0 Å². The van der Waals surface area contributed by atoms with Gasteiger partial charge in [0.1, 0.15) is 5.82 Å². The standard InChI is InChI=1S/C14H19N3/c1-10-5-3-4-6-12(10)9-13-11(2)16-14(17-13)7-8-15/h3-6H,7-9,15H2,1-2H3,(H,16,17). The third kappa shape index (κ3) is 2.74. The van der Waals surface area contributed by atoms with Gasteiger partial charge in [-0.1, -0.05) is 24.3 Å². The molecule has 0 fully saturated rings. The zero-order chi connectivity index (χ0) is 12.3. The Morgan fingerprint density at radius 1 is 1.24 bits per heavy atom. The molecule has 0 saturated heterocycles. The lowest BCUT2D eigenvalue weighted by atomic mass is 10.0. The van der Waals surface area contributed by atoms with Crippen LogP contribution < -0.4 is 5.73 Å². The van der Waals surface area contributed by atoms with Crippen LogP contribution in [-0.2, 0) is 12.8 Å². The zero-order valence-corrected chi connectivity index (χ0v) is 10.5. The monoisotopic (exact) mass is 229 g/mol. The number of rotatable bonds is 4. The molecule has 1 aromatic carbocycles. The molecule has 0 aliphatic heterocycles. The highest BCUT2D eigenvalue weighted by atomic mass is 14.9. The van der Waals surface area contributed by atoms with Crippen molar-refractivity contribution < 1.29 is 0 Å². The smallest absolute Gasteiger partial charge is 0.107 e. The van der Waals surface area contributed by atoms with E-state index in [2.05, 4.69) is 48.1 Å². The Balaban J connectivity index is 2.21. The molecule has 3 nitrogen and oxygen atoms in total. The van der Waals surface area contributed by atoms with Gasteiger partial charge >= 0.3 is 0 Å². The SMILES string of the molecule is Cc1ccccc1Cc1nc(CCN)[nH]c1C. The average Bonchev–Trinajstić information content (AvgIpc) is 2.63. The van der Waals surface area contributed by atoms with Gasteiger partial charge in [0, 0.05) is 18.5 Å². The van der Waals surface area contributed by atoms with Gasteiger partial charge in [-0.05, 0) is 31.5 Å². The first-order valence-electron chi connectivity index (χ1n) is 5.99. The number of hydrogen-bond acceptors (Lipinski definition) is 2. The third-order valence-electron chi connectivity index (χ3n) is 3.03. The van der Waals surface area contributed by atoms with Crippen LogP contribution in [0, 0.1) is 13.8 Å². The minimum absolute atomic E-state index is 0.636. The van der Waals surface area contributed by atoms with Gasteiger partial charge in [0.15, 0.2) is 0 Å². The van der Waals surface area contributed by atoms with E-state index in [0.717, 1.165) is 30.1 Å². The molecule has 0 saturated carbocycles. The van der Waals surface area contributed by atoms with Crippen molar-refractivity contribution in [2.45, 2.75) is 26.7 Å². The van der Waals surface area contributed by atoms with Crippen molar-refractivity contribution in [3.8, 4) is 0 Å². The summed E-state index contributed by atoms with van der Waals surface area (Å²) in [6.07, 6.45) is 1.70. The van der Waals surface area contributed by atoms with E-state index in [1.807, 2.05) is 0 Å². The van der Waals surface area contributed by atoms with Crippen LogP contribution in [0.25, 0.3) is 0 Å². The minimum atomic E-state index is 0.636. The van der Waals surface area contributed by atoms with Gasteiger partial charge in [-0.25, -0.2) is 4.98 Å². The maximum atomic E-state index is 5.54. The molecule has 1 aromatic heterocycles. The Morgan fingerprint density at radius 3 is 2.71 bits per heavy atom. The normalized spacial score (nSPS) is 10.8. The van der Waals surface area contributed by atoms with Crippen LogP contribution in [0.1, 0.15) is 28.3 Å². The van der Waals surface area contributed by atoms with Crippen LogP contribution >= 0.6 is 0 Å². The molecule has 2 rings (SSSR count). The number of hydrogen-bond donors (Lipinski definition) is 2. The number of H-pyrrole nitrogens is 1. The Morgan fingerprint density at radius 2 is 2.00 bits per heavy atom. The molecule has 0 spiro atoms. The lowest BCUT2D eigenvalue weighted by molar-refractivity contribution is 0.885. The number of imidazole rings is 1. The Bertz CT molecular complexity index is 500. The predicted octanol–water partition coefficient (Wildman–Crippen LogP) is 2.12. The van der Waals surface area contributed by atoms with Crippen molar-refractivity contribution in [2.75, 3.05) is 6.54 Å². The van der Waals surface area contributed by atoms with Crippen LogP contribution in [-0.4, -0.2) is 16.5 Å². The fraction of sp³-hybridized carbons (Fsp3) is 0.357. The van der Waals surface area contributed by atoms with E-state index in [4.69, 9.17) is 5.73 Å². The third-order valence-corrected chi connectivity index (χ3v) is 3.03. The van der Waals surface area contributed by atoms with Crippen LogP contribution in [0.15, 0.2) is 24.3 Å². The summed E-state index contributed by atoms with van der Waals surface area (Å²) in [6, 6.07) is 8.44. The zero-order valence-electron chi connectivity index (χ0n) is 10.5. The molecule has 3 heteroatoms. The first-order chi connectivity index (χ1) is 8.20. The highest BCUT2D eigenvalue weighted by Crippen LogP contribution is 2.15. The molecule has 0 radical (unpaired) electrons. The average molecular weight is 229 g/mol. The number of benzene rings is 1. The molecule has 17 heavy (non-hydrogen) atoms. The minimum Gasteiger partial charge on any atom is -0.346 e. The Labute approximate surface area is 102 Å². The van der Waals surface area contributed by atoms with E-state index in [-0.39, 0.29) is 0 Å². The van der Waals surface area contributed by atoms with E-state index >= 15 is 0 Å². The highest BCUT2D eigenvalue weighted by Gasteiger charge is 2.08. The molecule has 2 aromatic rings. The molecular formula is C14H19N3. The number of nitrogens with zero attached hydrogens (tertiary/aromatic N) is 1. The van der Waals surface area contributed by atoms with Crippen molar-refractivity contribution in [1.82, 2.24) is 9.97 Å². The molecule has 0 bridgehead atoms. The topological polar surface area (TPSA) is 54.7 Å². The van der Waals surface area contributed by atoms with Crippen molar-refractivity contribution in [3.63, 3.8) is 0 Å². The first kappa shape index (κ1) is 11.9. The van der Waals surface area contributed by atoms with Gasteiger partial charge in [-0.2, -0.15) is 0 Å². The Kier molecular flexibility index (Phi) is 3.59. The summed E-state index contributed by atoms with van der Waals surface area (Å²) in [7, 11) is 0. The largest absolute Gasteiger partial charge is 0.346 e. The van der Waals surface area contributed by atoms with E-state index in [1.165, 1.54) is 11.1 Å². The first-order valence-corrected chi connectivity index (χ1v) is 5.99. The number of nitrogens with two attached hydrogens (primary N) is 1. The van der Waals surface area contributed by atoms with Gasteiger partial charge in [0.05, 0.1) is 5.69 Å². The van der Waals surface area contributed by atoms with Crippen LogP contribution in [0.5, 0.6) is 0 Å². The number of aromatic amines is 1. The molecule has 3 N–H and O–H groups in total. The highest BCUT2D eigenvalue weighted by molar-refractivity contribution is 5.31. The molecular weight excluding hydrogens is 210 g/mol. The molecule has 0 atom stereocenters. The summed E-state index contributed by atoms with van der Waals surface area (Å²) < 4.78 is 0. The van der Waals surface area contributed by atoms with Gasteiger partial charge in [-0.15, -0.1) is 0 Å². The van der Waals surface area contributed by atoms with Crippen molar-refractivity contribution in [3.05, 3.63) is 52.6 Å².